The van der Waals surface area contributed by atoms with Gasteiger partial charge in [0.2, 0.25) is 0 Å². The Labute approximate surface area is 125 Å². The highest BCUT2D eigenvalue weighted by Crippen LogP contribution is 2.08. The molecule has 1 aromatic carbocycles. The molecule has 0 aliphatic heterocycles. The average molecular weight is 277 g/mol. The van der Waals surface area contributed by atoms with Crippen molar-refractivity contribution in [1.29, 1.82) is 0 Å². The van der Waals surface area contributed by atoms with Gasteiger partial charge in [0, 0.05) is 26.2 Å². The third kappa shape index (κ3) is 7.63. The lowest BCUT2D eigenvalue weighted by Gasteiger charge is -2.19. The molecule has 1 rings (SSSR count). The van der Waals surface area contributed by atoms with Crippen molar-refractivity contribution in [2.24, 2.45) is 5.92 Å². The van der Waals surface area contributed by atoms with E-state index in [1.807, 2.05) is 0 Å². The summed E-state index contributed by atoms with van der Waals surface area (Å²) in [7, 11) is 6.43. The molecule has 1 aromatic rings. The number of likely N-dealkylation sites (N-methyl/N-ethyl adjacent to an activating group) is 2. The van der Waals surface area contributed by atoms with Crippen molar-refractivity contribution in [2.45, 2.75) is 26.9 Å². The van der Waals surface area contributed by atoms with Crippen LogP contribution in [0.5, 0.6) is 0 Å². The van der Waals surface area contributed by atoms with Gasteiger partial charge in [-0.15, -0.1) is 0 Å². The summed E-state index contributed by atoms with van der Waals surface area (Å²) in [5.74, 6) is 0.704. The Morgan fingerprint density at radius 2 is 1.75 bits per heavy atom. The summed E-state index contributed by atoms with van der Waals surface area (Å²) in [6, 6.07) is 8.91. The van der Waals surface area contributed by atoms with E-state index in [4.69, 9.17) is 0 Å². The zero-order valence-corrected chi connectivity index (χ0v) is 13.8. The lowest BCUT2D eigenvalue weighted by atomic mass is 10.1. The van der Waals surface area contributed by atoms with Crippen molar-refractivity contribution in [3.8, 4) is 0 Å². The van der Waals surface area contributed by atoms with Gasteiger partial charge in [0.05, 0.1) is 0 Å². The van der Waals surface area contributed by atoms with E-state index in [1.54, 1.807) is 0 Å². The number of benzene rings is 1. The highest BCUT2D eigenvalue weighted by Gasteiger charge is 2.02. The first-order valence-corrected chi connectivity index (χ1v) is 7.59. The van der Waals surface area contributed by atoms with Gasteiger partial charge in [-0.3, -0.25) is 0 Å². The molecule has 0 atom stereocenters. The molecule has 0 heterocycles. The Morgan fingerprint density at radius 3 is 2.40 bits per heavy atom. The molecule has 1 N–H and O–H groups in total. The number of rotatable bonds is 9. The van der Waals surface area contributed by atoms with Crippen LogP contribution in [0.2, 0.25) is 0 Å². The predicted octanol–water partition coefficient (Wildman–Crippen LogP) is 2.43. The van der Waals surface area contributed by atoms with E-state index in [1.165, 1.54) is 11.1 Å². The molecule has 0 saturated heterocycles. The molecule has 114 valence electrons. The molecule has 0 saturated carbocycles. The monoisotopic (exact) mass is 277 g/mol. The van der Waals surface area contributed by atoms with Crippen molar-refractivity contribution in [3.63, 3.8) is 0 Å². The minimum absolute atomic E-state index is 0.704. The van der Waals surface area contributed by atoms with Crippen molar-refractivity contribution in [1.82, 2.24) is 15.1 Å². The van der Waals surface area contributed by atoms with Crippen molar-refractivity contribution in [3.05, 3.63) is 35.4 Å². The maximum absolute atomic E-state index is 3.50. The largest absolute Gasteiger partial charge is 0.312 e. The normalized spacial score (nSPS) is 11.8. The fraction of sp³-hybridized carbons (Fsp3) is 0.647. The zero-order chi connectivity index (χ0) is 15.0. The molecule has 0 unspecified atom stereocenters. The molecule has 20 heavy (non-hydrogen) atoms. The number of hydrogen-bond donors (Lipinski definition) is 1. The number of nitrogens with one attached hydrogen (secondary N) is 1. The quantitative estimate of drug-likeness (QED) is 0.748. The van der Waals surface area contributed by atoms with E-state index in [-0.39, 0.29) is 0 Å². The van der Waals surface area contributed by atoms with Crippen LogP contribution in [0.4, 0.5) is 0 Å². The van der Waals surface area contributed by atoms with Gasteiger partial charge in [0.25, 0.3) is 0 Å². The van der Waals surface area contributed by atoms with Crippen LogP contribution in [0.1, 0.15) is 25.0 Å². The van der Waals surface area contributed by atoms with Gasteiger partial charge in [-0.1, -0.05) is 38.1 Å². The molecule has 0 radical (unpaired) electrons. The first-order valence-electron chi connectivity index (χ1n) is 7.59. The minimum atomic E-state index is 0.704. The predicted molar refractivity (Wildman–Crippen MR) is 87.9 cm³/mol. The van der Waals surface area contributed by atoms with Crippen molar-refractivity contribution >= 4 is 0 Å². The van der Waals surface area contributed by atoms with E-state index in [0.29, 0.717) is 5.92 Å². The second kappa shape index (κ2) is 9.11. The van der Waals surface area contributed by atoms with Crippen LogP contribution in [0.25, 0.3) is 0 Å². The maximum atomic E-state index is 3.50. The molecule has 0 aliphatic carbocycles. The van der Waals surface area contributed by atoms with Crippen LogP contribution in [-0.4, -0.2) is 50.6 Å². The fourth-order valence-corrected chi connectivity index (χ4v) is 2.10. The average Bonchev–Trinajstić information content (AvgIpc) is 2.36. The number of nitrogens with zero attached hydrogens (tertiary/aromatic N) is 2. The van der Waals surface area contributed by atoms with Gasteiger partial charge in [-0.05, 0) is 44.7 Å². The lowest BCUT2D eigenvalue weighted by Crippen LogP contribution is -2.28. The van der Waals surface area contributed by atoms with Crippen LogP contribution >= 0.6 is 0 Å². The second-order valence-electron chi connectivity index (χ2n) is 6.39. The van der Waals surface area contributed by atoms with E-state index in [2.05, 4.69) is 74.4 Å². The van der Waals surface area contributed by atoms with Crippen LogP contribution in [-0.2, 0) is 13.1 Å². The second-order valence-corrected chi connectivity index (χ2v) is 6.39. The zero-order valence-electron chi connectivity index (χ0n) is 13.8. The molecule has 0 bridgehead atoms. The molecule has 0 aliphatic rings. The minimum Gasteiger partial charge on any atom is -0.312 e. The van der Waals surface area contributed by atoms with Crippen LogP contribution in [0.3, 0.4) is 0 Å². The molecule has 0 amide bonds. The summed E-state index contributed by atoms with van der Waals surface area (Å²) in [5.41, 5.74) is 2.78. The Kier molecular flexibility index (Phi) is 7.82. The fourth-order valence-electron chi connectivity index (χ4n) is 2.10. The van der Waals surface area contributed by atoms with Crippen LogP contribution < -0.4 is 5.32 Å². The van der Waals surface area contributed by atoms with Gasteiger partial charge in [-0.25, -0.2) is 0 Å². The van der Waals surface area contributed by atoms with E-state index < -0.39 is 0 Å². The molecule has 0 spiro atoms. The Morgan fingerprint density at radius 1 is 1.05 bits per heavy atom. The Balaban J connectivity index is 2.42. The summed E-state index contributed by atoms with van der Waals surface area (Å²) in [6.07, 6.45) is 0. The first-order chi connectivity index (χ1) is 9.47. The smallest absolute Gasteiger partial charge is 0.0231 e. The third-order valence-corrected chi connectivity index (χ3v) is 3.25. The number of hydrogen-bond acceptors (Lipinski definition) is 3. The standard InChI is InChI=1S/C17H31N3/c1-15(2)12-18-13-16-7-6-8-17(11-16)14-20(5)10-9-19(3)4/h6-8,11,15,18H,9-10,12-14H2,1-5H3. The highest BCUT2D eigenvalue weighted by molar-refractivity contribution is 5.23. The molecule has 3 nitrogen and oxygen atoms in total. The maximum Gasteiger partial charge on any atom is 0.0231 e. The van der Waals surface area contributed by atoms with E-state index >= 15 is 0 Å². The third-order valence-electron chi connectivity index (χ3n) is 3.25. The molecular formula is C17H31N3. The Hall–Kier alpha value is -0.900. The van der Waals surface area contributed by atoms with E-state index in [0.717, 1.165) is 32.7 Å². The van der Waals surface area contributed by atoms with E-state index in [9.17, 15) is 0 Å². The molecule has 0 aromatic heterocycles. The lowest BCUT2D eigenvalue weighted by molar-refractivity contribution is 0.276. The summed E-state index contributed by atoms with van der Waals surface area (Å²) in [4.78, 5) is 4.60. The topological polar surface area (TPSA) is 18.5 Å². The van der Waals surface area contributed by atoms with Gasteiger partial charge < -0.3 is 15.1 Å². The van der Waals surface area contributed by atoms with Crippen molar-refractivity contribution in [2.75, 3.05) is 40.8 Å². The molecular weight excluding hydrogens is 246 g/mol. The van der Waals surface area contributed by atoms with Gasteiger partial charge in [-0.2, -0.15) is 0 Å². The summed E-state index contributed by atoms with van der Waals surface area (Å²) in [6.45, 7) is 9.74. The van der Waals surface area contributed by atoms with Gasteiger partial charge in [0.15, 0.2) is 0 Å². The summed E-state index contributed by atoms with van der Waals surface area (Å²) in [5, 5.41) is 3.50. The van der Waals surface area contributed by atoms with Crippen LogP contribution in [0, 0.1) is 5.92 Å². The molecule has 3 heteroatoms. The molecule has 0 fully saturated rings. The van der Waals surface area contributed by atoms with Gasteiger partial charge in [0.1, 0.15) is 0 Å². The van der Waals surface area contributed by atoms with Gasteiger partial charge >= 0.3 is 0 Å². The first kappa shape index (κ1) is 17.2. The van der Waals surface area contributed by atoms with Crippen molar-refractivity contribution < 1.29 is 0 Å². The highest BCUT2D eigenvalue weighted by atomic mass is 15.1. The van der Waals surface area contributed by atoms with Crippen LogP contribution in [0.15, 0.2) is 24.3 Å². The summed E-state index contributed by atoms with van der Waals surface area (Å²) >= 11 is 0. The Bertz CT molecular complexity index is 374. The SMILES string of the molecule is CC(C)CNCc1cccc(CN(C)CCN(C)C)c1. The summed E-state index contributed by atoms with van der Waals surface area (Å²) < 4.78 is 0.